The lowest BCUT2D eigenvalue weighted by Crippen LogP contribution is -2.25. The number of nitrogens with zero attached hydrogens (tertiary/aromatic N) is 6. The second kappa shape index (κ2) is 7.34. The third kappa shape index (κ3) is 3.86. The quantitative estimate of drug-likeness (QED) is 0.685. The Kier molecular flexibility index (Phi) is 4.79. The number of carbonyl (C=O) groups is 1. The molecule has 2 aromatic heterocycles. The minimum Gasteiger partial charge on any atom is -0.467 e. The van der Waals surface area contributed by atoms with Gasteiger partial charge in [0.1, 0.15) is 0 Å². The van der Waals surface area contributed by atoms with Crippen molar-refractivity contribution in [3.8, 4) is 17.7 Å². The van der Waals surface area contributed by atoms with E-state index in [0.29, 0.717) is 5.82 Å². The molecule has 0 saturated heterocycles. The van der Waals surface area contributed by atoms with E-state index in [1.807, 2.05) is 30.3 Å². The Bertz CT molecular complexity index is 844. The summed E-state index contributed by atoms with van der Waals surface area (Å²) in [6.45, 7) is 0.0618. The first-order valence-electron chi connectivity index (χ1n) is 7.28. The van der Waals surface area contributed by atoms with Crippen molar-refractivity contribution in [2.24, 2.45) is 0 Å². The normalized spacial score (nSPS) is 10.3. The van der Waals surface area contributed by atoms with Crippen molar-refractivity contribution < 1.29 is 14.3 Å². The van der Waals surface area contributed by atoms with Gasteiger partial charge in [-0.3, -0.25) is 4.79 Å². The van der Waals surface area contributed by atoms with Crippen LogP contribution < -0.4 is 14.8 Å². The van der Waals surface area contributed by atoms with Gasteiger partial charge in [-0.05, 0) is 12.1 Å². The smallest absolute Gasteiger partial charge is 0.322 e. The summed E-state index contributed by atoms with van der Waals surface area (Å²) in [5.74, 6) is -0.104. The summed E-state index contributed by atoms with van der Waals surface area (Å²) in [6.07, 6.45) is 1.39. The maximum absolute atomic E-state index is 12.2. The Morgan fingerprint density at radius 3 is 2.40 bits per heavy atom. The molecule has 10 heteroatoms. The lowest BCUT2D eigenvalue weighted by molar-refractivity contribution is 0.0944. The number of hydrogen-bond acceptors (Lipinski definition) is 8. The van der Waals surface area contributed by atoms with Crippen molar-refractivity contribution in [3.63, 3.8) is 0 Å². The summed E-state index contributed by atoms with van der Waals surface area (Å²) in [5.41, 5.74) is 0.935. The van der Waals surface area contributed by atoms with E-state index < -0.39 is 5.91 Å². The Balaban J connectivity index is 1.68. The van der Waals surface area contributed by atoms with E-state index in [1.165, 1.54) is 25.2 Å². The van der Waals surface area contributed by atoms with Gasteiger partial charge in [0.25, 0.3) is 5.91 Å². The average Bonchev–Trinajstić information content (AvgIpc) is 3.16. The summed E-state index contributed by atoms with van der Waals surface area (Å²) in [6, 6.07) is 9.49. The van der Waals surface area contributed by atoms with Gasteiger partial charge in [0.2, 0.25) is 0 Å². The largest absolute Gasteiger partial charge is 0.467 e. The molecule has 128 valence electrons. The van der Waals surface area contributed by atoms with Crippen LogP contribution in [0.4, 0.5) is 0 Å². The molecule has 3 rings (SSSR count). The van der Waals surface area contributed by atoms with Crippen LogP contribution in [-0.2, 0) is 6.54 Å². The number of amides is 1. The van der Waals surface area contributed by atoms with E-state index in [2.05, 4.69) is 30.5 Å². The number of benzene rings is 1. The second-order valence-electron chi connectivity index (χ2n) is 4.76. The van der Waals surface area contributed by atoms with E-state index in [9.17, 15) is 4.79 Å². The highest BCUT2D eigenvalue weighted by Gasteiger charge is 2.13. The molecule has 1 aromatic carbocycles. The molecule has 0 saturated carbocycles. The van der Waals surface area contributed by atoms with Crippen LogP contribution in [0, 0.1) is 0 Å². The topological polar surface area (TPSA) is 117 Å². The molecule has 2 heterocycles. The van der Waals surface area contributed by atoms with Gasteiger partial charge in [-0.15, -0.1) is 10.1 Å². The van der Waals surface area contributed by atoms with Crippen LogP contribution in [0.25, 0.3) is 5.69 Å². The fraction of sp³-hybridized carbons (Fsp3) is 0.200. The molecule has 0 radical (unpaired) electrons. The highest BCUT2D eigenvalue weighted by molar-refractivity contribution is 5.91. The fourth-order valence-corrected chi connectivity index (χ4v) is 1.94. The molecule has 25 heavy (non-hydrogen) atoms. The number of hydrogen-bond donors (Lipinski definition) is 1. The molecule has 0 bridgehead atoms. The van der Waals surface area contributed by atoms with E-state index >= 15 is 0 Å². The average molecular weight is 341 g/mol. The van der Waals surface area contributed by atoms with Gasteiger partial charge in [0.15, 0.2) is 11.5 Å². The molecule has 3 aromatic rings. The first-order valence-corrected chi connectivity index (χ1v) is 7.28. The number of methoxy groups -OCH3 is 2. The maximum Gasteiger partial charge on any atom is 0.322 e. The summed E-state index contributed by atoms with van der Waals surface area (Å²) < 4.78 is 9.92. The third-order valence-corrected chi connectivity index (χ3v) is 3.12. The SMILES string of the molecule is COc1nc(CNC(=O)c2cnn(-c3ccccc3)n2)nc(OC)n1. The van der Waals surface area contributed by atoms with Gasteiger partial charge in [-0.25, -0.2) is 0 Å². The minimum absolute atomic E-state index is 0.0618. The van der Waals surface area contributed by atoms with E-state index in [1.54, 1.807) is 0 Å². The molecule has 0 spiro atoms. The zero-order valence-corrected chi connectivity index (χ0v) is 13.6. The summed E-state index contributed by atoms with van der Waals surface area (Å²) in [5, 5.41) is 10.9. The number of para-hydroxylation sites is 1. The molecule has 1 amide bonds. The predicted molar refractivity (Wildman–Crippen MR) is 85.5 cm³/mol. The summed E-state index contributed by atoms with van der Waals surface area (Å²) >= 11 is 0. The number of aromatic nitrogens is 6. The highest BCUT2D eigenvalue weighted by Crippen LogP contribution is 2.09. The molecular weight excluding hydrogens is 326 g/mol. The molecule has 0 atom stereocenters. The molecule has 0 fully saturated rings. The van der Waals surface area contributed by atoms with Gasteiger partial charge < -0.3 is 14.8 Å². The third-order valence-electron chi connectivity index (χ3n) is 3.12. The van der Waals surface area contributed by atoms with Crippen molar-refractivity contribution in [3.05, 3.63) is 48.0 Å². The van der Waals surface area contributed by atoms with E-state index in [-0.39, 0.29) is 24.3 Å². The van der Waals surface area contributed by atoms with Crippen LogP contribution in [0.15, 0.2) is 36.5 Å². The van der Waals surface area contributed by atoms with Crippen LogP contribution >= 0.6 is 0 Å². The van der Waals surface area contributed by atoms with Gasteiger partial charge >= 0.3 is 12.0 Å². The number of carbonyl (C=O) groups excluding carboxylic acids is 1. The van der Waals surface area contributed by atoms with Crippen molar-refractivity contribution in [1.82, 2.24) is 35.3 Å². The Labute approximate surface area is 142 Å². The zero-order valence-electron chi connectivity index (χ0n) is 13.6. The highest BCUT2D eigenvalue weighted by atomic mass is 16.5. The van der Waals surface area contributed by atoms with Crippen molar-refractivity contribution in [2.45, 2.75) is 6.54 Å². The molecule has 0 aliphatic carbocycles. The standard InChI is InChI=1S/C15H15N7O3/c1-24-14-18-12(19-15(20-14)25-2)9-16-13(23)11-8-17-22(21-11)10-6-4-3-5-7-10/h3-8H,9H2,1-2H3,(H,16,23). The second-order valence-corrected chi connectivity index (χ2v) is 4.76. The van der Waals surface area contributed by atoms with Crippen LogP contribution in [0.3, 0.4) is 0 Å². The van der Waals surface area contributed by atoms with Crippen LogP contribution in [0.1, 0.15) is 16.3 Å². The molecule has 0 aliphatic rings. The number of nitrogens with one attached hydrogen (secondary N) is 1. The lowest BCUT2D eigenvalue weighted by atomic mass is 10.3. The fourth-order valence-electron chi connectivity index (χ4n) is 1.94. The van der Waals surface area contributed by atoms with Crippen LogP contribution in [-0.4, -0.2) is 50.1 Å². The monoisotopic (exact) mass is 341 g/mol. The Morgan fingerprint density at radius 2 is 1.76 bits per heavy atom. The maximum atomic E-state index is 12.2. The van der Waals surface area contributed by atoms with Gasteiger partial charge in [-0.1, -0.05) is 18.2 Å². The Hall–Kier alpha value is -3.56. The lowest BCUT2D eigenvalue weighted by Gasteiger charge is -2.05. The molecule has 1 N–H and O–H groups in total. The van der Waals surface area contributed by atoms with E-state index in [0.717, 1.165) is 5.69 Å². The van der Waals surface area contributed by atoms with Crippen LogP contribution in [0.2, 0.25) is 0 Å². The van der Waals surface area contributed by atoms with Crippen molar-refractivity contribution >= 4 is 5.91 Å². The molecule has 0 unspecified atom stereocenters. The first-order chi connectivity index (χ1) is 12.2. The van der Waals surface area contributed by atoms with Gasteiger partial charge in [-0.2, -0.15) is 19.9 Å². The molecular formula is C15H15N7O3. The van der Waals surface area contributed by atoms with Crippen molar-refractivity contribution in [1.29, 1.82) is 0 Å². The zero-order chi connectivity index (χ0) is 17.6. The van der Waals surface area contributed by atoms with Gasteiger partial charge in [0, 0.05) is 0 Å². The van der Waals surface area contributed by atoms with Gasteiger partial charge in [0.05, 0.1) is 32.6 Å². The molecule has 10 nitrogen and oxygen atoms in total. The predicted octanol–water partition coefficient (Wildman–Crippen LogP) is 0.399. The first kappa shape index (κ1) is 16.3. The Morgan fingerprint density at radius 1 is 1.08 bits per heavy atom. The number of ether oxygens (including phenoxy) is 2. The van der Waals surface area contributed by atoms with Crippen molar-refractivity contribution in [2.75, 3.05) is 14.2 Å². The van der Waals surface area contributed by atoms with E-state index in [4.69, 9.17) is 9.47 Å². The summed E-state index contributed by atoms with van der Waals surface area (Å²) in [7, 11) is 2.86. The number of rotatable bonds is 6. The van der Waals surface area contributed by atoms with Crippen LogP contribution in [0.5, 0.6) is 12.0 Å². The molecule has 0 aliphatic heterocycles. The summed E-state index contributed by atoms with van der Waals surface area (Å²) in [4.78, 5) is 25.6. The minimum atomic E-state index is -0.402.